The Hall–Kier alpha value is -1.84. The standard InChI is InChI=1S/C16H15ClN2O/c1-18-16(10-3-2-4-13(17)8-10)11-5-6-14-12(7-11)9-15(20)19-14/h2-8,16,18H,9H2,1H3,(H,19,20). The highest BCUT2D eigenvalue weighted by molar-refractivity contribution is 6.30. The number of carbonyl (C=O) groups excluding carboxylic acids is 1. The van der Waals surface area contributed by atoms with Crippen molar-refractivity contribution in [3.05, 3.63) is 64.2 Å². The monoisotopic (exact) mass is 286 g/mol. The van der Waals surface area contributed by atoms with Gasteiger partial charge in [0.25, 0.3) is 0 Å². The Morgan fingerprint density at radius 3 is 2.75 bits per heavy atom. The van der Waals surface area contributed by atoms with Gasteiger partial charge < -0.3 is 10.6 Å². The highest BCUT2D eigenvalue weighted by Gasteiger charge is 2.20. The van der Waals surface area contributed by atoms with Gasteiger partial charge in [-0.25, -0.2) is 0 Å². The first-order valence-corrected chi connectivity index (χ1v) is 6.90. The van der Waals surface area contributed by atoms with Gasteiger partial charge in [0.1, 0.15) is 0 Å². The molecule has 0 fully saturated rings. The molecule has 0 saturated heterocycles. The van der Waals surface area contributed by atoms with Gasteiger partial charge in [-0.1, -0.05) is 35.9 Å². The van der Waals surface area contributed by atoms with Crippen molar-refractivity contribution in [2.24, 2.45) is 0 Å². The second kappa shape index (κ2) is 5.27. The van der Waals surface area contributed by atoms with E-state index >= 15 is 0 Å². The third kappa shape index (κ3) is 2.42. The fraction of sp³-hybridized carbons (Fsp3) is 0.188. The second-order valence-corrected chi connectivity index (χ2v) is 5.35. The molecule has 0 bridgehead atoms. The van der Waals surface area contributed by atoms with Crippen molar-refractivity contribution in [2.75, 3.05) is 12.4 Å². The number of benzene rings is 2. The lowest BCUT2D eigenvalue weighted by Gasteiger charge is -2.18. The summed E-state index contributed by atoms with van der Waals surface area (Å²) >= 11 is 6.06. The van der Waals surface area contributed by atoms with Crippen LogP contribution in [0.3, 0.4) is 0 Å². The van der Waals surface area contributed by atoms with Crippen LogP contribution < -0.4 is 10.6 Å². The maximum absolute atomic E-state index is 11.4. The van der Waals surface area contributed by atoms with Crippen LogP contribution in [0.1, 0.15) is 22.7 Å². The number of hydrogen-bond donors (Lipinski definition) is 2. The Kier molecular flexibility index (Phi) is 3.47. The Balaban J connectivity index is 1.98. The van der Waals surface area contributed by atoms with Crippen LogP contribution in [-0.4, -0.2) is 13.0 Å². The predicted octanol–water partition coefficient (Wildman–Crippen LogP) is 3.14. The molecular weight excluding hydrogens is 272 g/mol. The first-order valence-electron chi connectivity index (χ1n) is 6.53. The molecule has 1 atom stereocenters. The van der Waals surface area contributed by atoms with Crippen LogP contribution in [0.15, 0.2) is 42.5 Å². The van der Waals surface area contributed by atoms with E-state index in [2.05, 4.69) is 16.7 Å². The zero-order valence-electron chi connectivity index (χ0n) is 11.1. The minimum atomic E-state index is 0.0564. The number of amides is 1. The lowest BCUT2D eigenvalue weighted by Crippen LogP contribution is -2.17. The minimum Gasteiger partial charge on any atom is -0.326 e. The fourth-order valence-electron chi connectivity index (χ4n) is 2.64. The molecule has 0 aliphatic carbocycles. The molecule has 1 unspecified atom stereocenters. The zero-order valence-corrected chi connectivity index (χ0v) is 11.9. The molecule has 3 rings (SSSR count). The first kappa shape index (κ1) is 13.2. The zero-order chi connectivity index (χ0) is 14.1. The van der Waals surface area contributed by atoms with Crippen molar-refractivity contribution in [3.63, 3.8) is 0 Å². The number of fused-ring (bicyclic) bond motifs is 1. The Labute approximate surface area is 123 Å². The maximum atomic E-state index is 11.4. The quantitative estimate of drug-likeness (QED) is 0.910. The molecule has 4 heteroatoms. The number of halogens is 1. The Morgan fingerprint density at radius 2 is 2.00 bits per heavy atom. The van der Waals surface area contributed by atoms with Gasteiger partial charge in [0.05, 0.1) is 12.5 Å². The van der Waals surface area contributed by atoms with Gasteiger partial charge in [0, 0.05) is 10.7 Å². The number of rotatable bonds is 3. The van der Waals surface area contributed by atoms with Crippen LogP contribution in [0.5, 0.6) is 0 Å². The second-order valence-electron chi connectivity index (χ2n) is 4.92. The normalized spacial score (nSPS) is 14.8. The molecule has 20 heavy (non-hydrogen) atoms. The van der Waals surface area contributed by atoms with E-state index < -0.39 is 0 Å². The molecule has 1 aliphatic rings. The molecule has 1 heterocycles. The number of carbonyl (C=O) groups is 1. The summed E-state index contributed by atoms with van der Waals surface area (Å²) in [6, 6.07) is 14.0. The van der Waals surface area contributed by atoms with Gasteiger partial charge in [0.15, 0.2) is 0 Å². The van der Waals surface area contributed by atoms with Gasteiger partial charge in [-0.05, 0) is 41.9 Å². The predicted molar refractivity (Wildman–Crippen MR) is 81.1 cm³/mol. The molecule has 1 amide bonds. The van der Waals surface area contributed by atoms with Crippen molar-refractivity contribution in [1.82, 2.24) is 5.32 Å². The van der Waals surface area contributed by atoms with Crippen molar-refractivity contribution in [3.8, 4) is 0 Å². The molecule has 102 valence electrons. The molecule has 1 aliphatic heterocycles. The molecule has 0 radical (unpaired) electrons. The fourth-order valence-corrected chi connectivity index (χ4v) is 2.84. The molecular formula is C16H15ClN2O. The van der Waals surface area contributed by atoms with E-state index in [0.717, 1.165) is 27.4 Å². The highest BCUT2D eigenvalue weighted by Crippen LogP contribution is 2.29. The SMILES string of the molecule is CNC(c1cccc(Cl)c1)c1ccc2c(c1)CC(=O)N2. The number of nitrogens with one attached hydrogen (secondary N) is 2. The molecule has 2 N–H and O–H groups in total. The van der Waals surface area contributed by atoms with Gasteiger partial charge in [-0.15, -0.1) is 0 Å². The Morgan fingerprint density at radius 1 is 1.20 bits per heavy atom. The molecule has 2 aromatic rings. The summed E-state index contributed by atoms with van der Waals surface area (Å²) in [4.78, 5) is 11.4. The summed E-state index contributed by atoms with van der Waals surface area (Å²) in [6.45, 7) is 0. The lowest BCUT2D eigenvalue weighted by atomic mass is 9.96. The van der Waals surface area contributed by atoms with Crippen LogP contribution in [0, 0.1) is 0 Å². The van der Waals surface area contributed by atoms with E-state index in [4.69, 9.17) is 11.6 Å². The highest BCUT2D eigenvalue weighted by atomic mass is 35.5. The van der Waals surface area contributed by atoms with Crippen LogP contribution in [0.4, 0.5) is 5.69 Å². The average molecular weight is 287 g/mol. The molecule has 3 nitrogen and oxygen atoms in total. The summed E-state index contributed by atoms with van der Waals surface area (Å²) in [5.41, 5.74) is 4.21. The van der Waals surface area contributed by atoms with E-state index in [-0.39, 0.29) is 11.9 Å². The lowest BCUT2D eigenvalue weighted by molar-refractivity contribution is -0.115. The van der Waals surface area contributed by atoms with Crippen molar-refractivity contribution in [1.29, 1.82) is 0 Å². The molecule has 0 aromatic heterocycles. The molecule has 0 saturated carbocycles. The summed E-state index contributed by atoms with van der Waals surface area (Å²) < 4.78 is 0. The van der Waals surface area contributed by atoms with Crippen molar-refractivity contribution >= 4 is 23.2 Å². The average Bonchev–Trinajstić information content (AvgIpc) is 2.79. The number of hydrogen-bond acceptors (Lipinski definition) is 2. The third-order valence-electron chi connectivity index (χ3n) is 3.56. The molecule has 2 aromatic carbocycles. The van der Waals surface area contributed by atoms with Gasteiger partial charge in [-0.3, -0.25) is 4.79 Å². The summed E-state index contributed by atoms with van der Waals surface area (Å²) in [7, 11) is 1.92. The maximum Gasteiger partial charge on any atom is 0.228 e. The first-order chi connectivity index (χ1) is 9.67. The Bertz CT molecular complexity index is 669. The van der Waals surface area contributed by atoms with Crippen LogP contribution >= 0.6 is 11.6 Å². The van der Waals surface area contributed by atoms with E-state index in [9.17, 15) is 4.79 Å². The van der Waals surface area contributed by atoms with E-state index in [1.807, 2.05) is 43.4 Å². The molecule has 0 spiro atoms. The largest absolute Gasteiger partial charge is 0.326 e. The summed E-state index contributed by atoms with van der Waals surface area (Å²) in [5, 5.41) is 6.87. The summed E-state index contributed by atoms with van der Waals surface area (Å²) in [5.74, 6) is 0.0564. The number of anilines is 1. The van der Waals surface area contributed by atoms with Gasteiger partial charge in [-0.2, -0.15) is 0 Å². The van der Waals surface area contributed by atoms with Crippen LogP contribution in [0.25, 0.3) is 0 Å². The topological polar surface area (TPSA) is 41.1 Å². The minimum absolute atomic E-state index is 0.0564. The third-order valence-corrected chi connectivity index (χ3v) is 3.79. The van der Waals surface area contributed by atoms with Gasteiger partial charge in [0.2, 0.25) is 5.91 Å². The van der Waals surface area contributed by atoms with Crippen LogP contribution in [0.2, 0.25) is 5.02 Å². The summed E-state index contributed by atoms with van der Waals surface area (Å²) in [6.07, 6.45) is 0.454. The van der Waals surface area contributed by atoms with E-state index in [0.29, 0.717) is 6.42 Å². The van der Waals surface area contributed by atoms with Gasteiger partial charge >= 0.3 is 0 Å². The van der Waals surface area contributed by atoms with E-state index in [1.54, 1.807) is 0 Å². The van der Waals surface area contributed by atoms with E-state index in [1.165, 1.54) is 0 Å². The van der Waals surface area contributed by atoms with Crippen LogP contribution in [-0.2, 0) is 11.2 Å². The smallest absolute Gasteiger partial charge is 0.228 e. The van der Waals surface area contributed by atoms with Crippen molar-refractivity contribution < 1.29 is 4.79 Å². The van der Waals surface area contributed by atoms with Crippen molar-refractivity contribution in [2.45, 2.75) is 12.5 Å².